The van der Waals surface area contributed by atoms with E-state index in [-0.39, 0.29) is 34.0 Å². The van der Waals surface area contributed by atoms with Gasteiger partial charge < -0.3 is 20.4 Å². The zero-order chi connectivity index (χ0) is 20.4. The number of benzene rings is 2. The molecule has 6 heteroatoms. The number of likely N-dealkylation sites (tertiary alicyclic amines) is 1. The lowest BCUT2D eigenvalue weighted by Crippen LogP contribution is -2.30. The van der Waals surface area contributed by atoms with E-state index in [2.05, 4.69) is 29.6 Å². The first-order valence-corrected chi connectivity index (χ1v) is 10.8. The molecule has 1 amide bonds. The summed E-state index contributed by atoms with van der Waals surface area (Å²) >= 11 is 5.95. The molecule has 5 nitrogen and oxygen atoms in total. The van der Waals surface area contributed by atoms with Gasteiger partial charge in [-0.3, -0.25) is 4.79 Å². The maximum atomic E-state index is 13.0. The Hall–Kier alpha value is -2.24. The Labute approximate surface area is 176 Å². The summed E-state index contributed by atoms with van der Waals surface area (Å²) < 4.78 is 0. The molecule has 1 atom stereocenters. The van der Waals surface area contributed by atoms with Crippen molar-refractivity contribution in [2.24, 2.45) is 0 Å². The highest BCUT2D eigenvalue weighted by Crippen LogP contribution is 2.37. The number of hydrogen-bond donors (Lipinski definition) is 3. The number of amides is 1. The largest absolute Gasteiger partial charge is 0.507 e. The van der Waals surface area contributed by atoms with Crippen molar-refractivity contribution in [2.45, 2.75) is 57.2 Å². The van der Waals surface area contributed by atoms with Gasteiger partial charge in [-0.15, -0.1) is 0 Å². The summed E-state index contributed by atoms with van der Waals surface area (Å²) in [5, 5.41) is 23.4. The van der Waals surface area contributed by atoms with E-state index in [0.717, 1.165) is 31.0 Å². The van der Waals surface area contributed by atoms with Gasteiger partial charge in [0, 0.05) is 25.2 Å². The minimum atomic E-state index is -0.265. The van der Waals surface area contributed by atoms with E-state index in [0.29, 0.717) is 12.6 Å². The van der Waals surface area contributed by atoms with Crippen molar-refractivity contribution >= 4 is 17.5 Å². The summed E-state index contributed by atoms with van der Waals surface area (Å²) in [6.45, 7) is 1.50. The molecule has 1 saturated carbocycles. The van der Waals surface area contributed by atoms with Gasteiger partial charge in [-0.1, -0.05) is 48.7 Å². The molecule has 4 rings (SSSR count). The Morgan fingerprint density at radius 1 is 1.03 bits per heavy atom. The minimum Gasteiger partial charge on any atom is -0.507 e. The van der Waals surface area contributed by atoms with E-state index in [1.54, 1.807) is 4.90 Å². The van der Waals surface area contributed by atoms with Crippen LogP contribution in [0.1, 0.15) is 66.1 Å². The third-order valence-corrected chi connectivity index (χ3v) is 6.43. The standard InChI is InChI=1S/C23H27ClN2O3/c24-19-12-18(21(27)13-22(19)28)23(29)26-11-3-6-20(26)16-9-7-15(8-10-16)14-25-17-4-1-2-5-17/h7-10,12-13,17,20,25,27-28H,1-6,11,14H2. The molecule has 1 unspecified atom stereocenters. The smallest absolute Gasteiger partial charge is 0.258 e. The van der Waals surface area contributed by atoms with Gasteiger partial charge in [0.1, 0.15) is 11.5 Å². The third-order valence-electron chi connectivity index (χ3n) is 6.12. The number of phenolic OH excluding ortho intramolecular Hbond substituents is 2. The molecule has 0 radical (unpaired) electrons. The number of halogens is 1. The molecule has 2 aromatic carbocycles. The van der Waals surface area contributed by atoms with Crippen LogP contribution in [0, 0.1) is 0 Å². The number of phenols is 2. The fourth-order valence-corrected chi connectivity index (χ4v) is 4.65. The summed E-state index contributed by atoms with van der Waals surface area (Å²) in [5.74, 6) is -0.754. The Morgan fingerprint density at radius 3 is 2.48 bits per heavy atom. The van der Waals surface area contributed by atoms with Crippen LogP contribution in [-0.4, -0.2) is 33.6 Å². The molecular formula is C23H27ClN2O3. The fraction of sp³-hybridized carbons (Fsp3) is 0.435. The number of hydrogen-bond acceptors (Lipinski definition) is 4. The van der Waals surface area contributed by atoms with E-state index in [4.69, 9.17) is 11.6 Å². The first kappa shape index (κ1) is 20.0. The average molecular weight is 415 g/mol. The van der Waals surface area contributed by atoms with Gasteiger partial charge in [-0.05, 0) is 42.9 Å². The van der Waals surface area contributed by atoms with Crippen molar-refractivity contribution in [3.05, 3.63) is 58.1 Å². The molecule has 3 N–H and O–H groups in total. The van der Waals surface area contributed by atoms with Crippen LogP contribution in [0.2, 0.25) is 5.02 Å². The lowest BCUT2D eigenvalue weighted by Gasteiger charge is -2.26. The second-order valence-corrected chi connectivity index (χ2v) is 8.49. The van der Waals surface area contributed by atoms with Gasteiger partial charge in [0.05, 0.1) is 16.6 Å². The zero-order valence-corrected chi connectivity index (χ0v) is 17.2. The lowest BCUT2D eigenvalue weighted by molar-refractivity contribution is 0.0732. The van der Waals surface area contributed by atoms with Crippen molar-refractivity contribution in [3.8, 4) is 11.5 Å². The summed E-state index contributed by atoms with van der Waals surface area (Å²) in [7, 11) is 0. The minimum absolute atomic E-state index is 0.0219. The number of carbonyl (C=O) groups is 1. The van der Waals surface area contributed by atoms with Crippen LogP contribution in [-0.2, 0) is 6.54 Å². The van der Waals surface area contributed by atoms with Gasteiger partial charge in [-0.25, -0.2) is 0 Å². The molecule has 1 aliphatic carbocycles. The molecular weight excluding hydrogens is 388 g/mol. The molecule has 2 fully saturated rings. The molecule has 1 heterocycles. The Bertz CT molecular complexity index is 878. The lowest BCUT2D eigenvalue weighted by atomic mass is 10.0. The summed E-state index contributed by atoms with van der Waals surface area (Å²) in [4.78, 5) is 14.8. The third kappa shape index (κ3) is 4.36. The maximum Gasteiger partial charge on any atom is 0.258 e. The van der Waals surface area contributed by atoms with Gasteiger partial charge in [0.25, 0.3) is 5.91 Å². The van der Waals surface area contributed by atoms with Crippen LogP contribution < -0.4 is 5.32 Å². The number of rotatable bonds is 5. The van der Waals surface area contributed by atoms with Crippen molar-refractivity contribution in [1.82, 2.24) is 10.2 Å². The molecule has 0 spiro atoms. The van der Waals surface area contributed by atoms with E-state index in [1.165, 1.54) is 37.3 Å². The van der Waals surface area contributed by atoms with Crippen LogP contribution in [0.4, 0.5) is 0 Å². The summed E-state index contributed by atoms with van der Waals surface area (Å²) in [6.07, 6.45) is 6.98. The van der Waals surface area contributed by atoms with Crippen LogP contribution in [0.15, 0.2) is 36.4 Å². The van der Waals surface area contributed by atoms with Gasteiger partial charge in [-0.2, -0.15) is 0 Å². The first-order valence-electron chi connectivity index (χ1n) is 10.4. The average Bonchev–Trinajstić information content (AvgIpc) is 3.41. The molecule has 1 aliphatic heterocycles. The molecule has 1 saturated heterocycles. The maximum absolute atomic E-state index is 13.0. The SMILES string of the molecule is O=C(c1cc(Cl)c(O)cc1O)N1CCCC1c1ccc(CNC2CCCC2)cc1. The highest BCUT2D eigenvalue weighted by molar-refractivity contribution is 6.32. The van der Waals surface area contributed by atoms with Crippen LogP contribution in [0.5, 0.6) is 11.5 Å². The second-order valence-electron chi connectivity index (χ2n) is 8.08. The number of aromatic hydroxyl groups is 2. The second kappa shape index (κ2) is 8.64. The number of nitrogens with one attached hydrogen (secondary N) is 1. The normalized spacial score (nSPS) is 19.8. The van der Waals surface area contributed by atoms with Crippen LogP contribution in [0.3, 0.4) is 0 Å². The summed E-state index contributed by atoms with van der Waals surface area (Å²) in [6, 6.07) is 11.5. The number of carbonyl (C=O) groups excluding carboxylic acids is 1. The highest BCUT2D eigenvalue weighted by atomic mass is 35.5. The topological polar surface area (TPSA) is 72.8 Å². The first-order chi connectivity index (χ1) is 14.0. The molecule has 29 heavy (non-hydrogen) atoms. The predicted molar refractivity (Wildman–Crippen MR) is 113 cm³/mol. The van der Waals surface area contributed by atoms with E-state index >= 15 is 0 Å². The quantitative estimate of drug-likeness (QED) is 0.659. The van der Waals surface area contributed by atoms with Crippen molar-refractivity contribution in [2.75, 3.05) is 6.54 Å². The van der Waals surface area contributed by atoms with Crippen LogP contribution >= 0.6 is 11.6 Å². The molecule has 0 bridgehead atoms. The van der Waals surface area contributed by atoms with E-state index in [1.807, 2.05) is 0 Å². The molecule has 2 aromatic rings. The van der Waals surface area contributed by atoms with Crippen molar-refractivity contribution in [1.29, 1.82) is 0 Å². The summed E-state index contributed by atoms with van der Waals surface area (Å²) in [5.41, 5.74) is 2.47. The number of nitrogens with zero attached hydrogens (tertiary/aromatic N) is 1. The Morgan fingerprint density at radius 2 is 1.76 bits per heavy atom. The Balaban J connectivity index is 1.46. The van der Waals surface area contributed by atoms with Gasteiger partial charge in [0.2, 0.25) is 0 Å². The molecule has 2 aliphatic rings. The molecule has 0 aromatic heterocycles. The zero-order valence-electron chi connectivity index (χ0n) is 16.4. The fourth-order valence-electron chi connectivity index (χ4n) is 4.48. The predicted octanol–water partition coefficient (Wildman–Crippen LogP) is 4.76. The van der Waals surface area contributed by atoms with Gasteiger partial charge in [0.15, 0.2) is 0 Å². The van der Waals surface area contributed by atoms with E-state index < -0.39 is 0 Å². The Kier molecular flexibility index (Phi) is 5.97. The monoisotopic (exact) mass is 414 g/mol. The van der Waals surface area contributed by atoms with Crippen molar-refractivity contribution in [3.63, 3.8) is 0 Å². The van der Waals surface area contributed by atoms with Gasteiger partial charge >= 0.3 is 0 Å². The molecule has 154 valence electrons. The highest BCUT2D eigenvalue weighted by Gasteiger charge is 2.32. The van der Waals surface area contributed by atoms with Crippen LogP contribution in [0.25, 0.3) is 0 Å². The van der Waals surface area contributed by atoms with E-state index in [9.17, 15) is 15.0 Å². The van der Waals surface area contributed by atoms with Crippen molar-refractivity contribution < 1.29 is 15.0 Å².